The van der Waals surface area contributed by atoms with Gasteiger partial charge in [0.2, 0.25) is 5.91 Å². The van der Waals surface area contributed by atoms with Gasteiger partial charge in [0.1, 0.15) is 5.54 Å². The second-order valence-electron chi connectivity index (χ2n) is 10.9. The van der Waals surface area contributed by atoms with Gasteiger partial charge in [-0.2, -0.15) is 0 Å². The molecule has 2 saturated heterocycles. The van der Waals surface area contributed by atoms with E-state index in [2.05, 4.69) is 10.2 Å². The zero-order valence-corrected chi connectivity index (χ0v) is 22.9. The number of carbonyl (C=O) groups is 2. The van der Waals surface area contributed by atoms with Crippen molar-refractivity contribution in [1.82, 2.24) is 4.90 Å². The molecule has 1 spiro atoms. The minimum Gasteiger partial charge on any atom is -0.493 e. The Kier molecular flexibility index (Phi) is 6.14. The molecule has 0 bridgehead atoms. The van der Waals surface area contributed by atoms with Crippen molar-refractivity contribution in [2.75, 3.05) is 26.1 Å². The zero-order valence-electron chi connectivity index (χ0n) is 22.9. The van der Waals surface area contributed by atoms with Crippen molar-refractivity contribution in [2.24, 2.45) is 5.92 Å². The number of fused-ring (bicyclic) bond motifs is 4. The summed E-state index contributed by atoms with van der Waals surface area (Å²) in [5, 5.41) is 14.9. The summed E-state index contributed by atoms with van der Waals surface area (Å²) in [4.78, 5) is 42.6. The average Bonchev–Trinajstić information content (AvgIpc) is 3.61. The molecule has 3 aliphatic heterocycles. The van der Waals surface area contributed by atoms with Crippen LogP contribution in [0.5, 0.6) is 11.5 Å². The highest BCUT2D eigenvalue weighted by Gasteiger charge is 2.69. The van der Waals surface area contributed by atoms with Gasteiger partial charge in [-0.1, -0.05) is 29.8 Å². The fraction of sp³-hybridized carbons (Fsp3) is 0.355. The molecule has 206 valence electrons. The largest absolute Gasteiger partial charge is 0.493 e. The van der Waals surface area contributed by atoms with E-state index < -0.39 is 22.3 Å². The molecular weight excluding hydrogens is 510 g/mol. The number of hydrogen-bond acceptors (Lipinski definition) is 7. The first-order chi connectivity index (χ1) is 19.2. The van der Waals surface area contributed by atoms with Crippen molar-refractivity contribution in [3.05, 3.63) is 92.5 Å². The Labute approximate surface area is 232 Å². The number of aryl methyl sites for hydroxylation is 2. The Morgan fingerprint density at radius 2 is 1.85 bits per heavy atom. The number of nitro benzene ring substituents is 1. The molecule has 1 N–H and O–H groups in total. The van der Waals surface area contributed by atoms with Gasteiger partial charge in [0, 0.05) is 40.9 Å². The lowest BCUT2D eigenvalue weighted by molar-refractivity contribution is -0.384. The van der Waals surface area contributed by atoms with Crippen molar-refractivity contribution < 1.29 is 24.0 Å². The number of methoxy groups -OCH3 is 2. The Bertz CT molecular complexity index is 1570. The Morgan fingerprint density at radius 1 is 1.07 bits per heavy atom. The first-order valence-electron chi connectivity index (χ1n) is 13.4. The maximum absolute atomic E-state index is 14.8. The molecular formula is C31H31N3O6. The minimum atomic E-state index is -1.26. The number of nitro groups is 1. The number of ketones is 1. The van der Waals surface area contributed by atoms with Crippen LogP contribution < -0.4 is 14.8 Å². The van der Waals surface area contributed by atoms with Gasteiger partial charge in [-0.05, 0) is 62.6 Å². The van der Waals surface area contributed by atoms with Gasteiger partial charge in [0.05, 0.1) is 25.1 Å². The van der Waals surface area contributed by atoms with Crippen LogP contribution in [0, 0.1) is 29.9 Å². The molecule has 4 atom stereocenters. The van der Waals surface area contributed by atoms with Crippen LogP contribution >= 0.6 is 0 Å². The number of anilines is 1. The van der Waals surface area contributed by atoms with E-state index in [9.17, 15) is 19.7 Å². The number of nitrogens with zero attached hydrogens (tertiary/aromatic N) is 2. The molecule has 0 aromatic heterocycles. The number of benzene rings is 3. The summed E-state index contributed by atoms with van der Waals surface area (Å²) in [6.45, 7) is 4.60. The monoisotopic (exact) mass is 541 g/mol. The smallest absolute Gasteiger partial charge is 0.269 e. The highest BCUT2D eigenvalue weighted by Crippen LogP contribution is 2.61. The van der Waals surface area contributed by atoms with Gasteiger partial charge in [-0.3, -0.25) is 24.6 Å². The summed E-state index contributed by atoms with van der Waals surface area (Å²) < 4.78 is 10.9. The van der Waals surface area contributed by atoms with Crippen LogP contribution in [0.25, 0.3) is 0 Å². The lowest BCUT2D eigenvalue weighted by Crippen LogP contribution is -2.52. The van der Waals surface area contributed by atoms with E-state index in [0.29, 0.717) is 29.2 Å². The molecule has 9 nitrogen and oxygen atoms in total. The van der Waals surface area contributed by atoms with E-state index in [1.807, 2.05) is 32.0 Å². The first kappa shape index (κ1) is 26.0. The maximum Gasteiger partial charge on any atom is 0.269 e. The van der Waals surface area contributed by atoms with Gasteiger partial charge >= 0.3 is 0 Å². The van der Waals surface area contributed by atoms with Gasteiger partial charge in [-0.25, -0.2) is 0 Å². The predicted octanol–water partition coefficient (Wildman–Crippen LogP) is 5.14. The maximum atomic E-state index is 14.8. The van der Waals surface area contributed by atoms with Gasteiger partial charge in [0.15, 0.2) is 17.3 Å². The predicted molar refractivity (Wildman–Crippen MR) is 149 cm³/mol. The van der Waals surface area contributed by atoms with Crippen LogP contribution in [0.2, 0.25) is 0 Å². The average molecular weight is 542 g/mol. The second kappa shape index (κ2) is 9.45. The molecule has 6 rings (SSSR count). The Balaban J connectivity index is 1.63. The molecule has 3 aliphatic rings. The normalized spacial score (nSPS) is 25.0. The van der Waals surface area contributed by atoms with E-state index in [-0.39, 0.29) is 23.4 Å². The van der Waals surface area contributed by atoms with Crippen LogP contribution in [-0.2, 0) is 10.3 Å². The summed E-state index contributed by atoms with van der Waals surface area (Å²) in [7, 11) is 3.04. The SMILES string of the molecule is COc1ccc(C(=O)C2C(c3cccc([N+](=O)[O-])c3)C3CCCN3[C@@]23C(=O)Nc2c(C)cc(C)cc23)cc1OC. The third-order valence-electron chi connectivity index (χ3n) is 8.87. The number of nitrogens with one attached hydrogen (secondary N) is 1. The number of non-ortho nitro benzene ring substituents is 1. The van der Waals surface area contributed by atoms with Crippen molar-refractivity contribution in [2.45, 2.75) is 44.2 Å². The topological polar surface area (TPSA) is 111 Å². The van der Waals surface area contributed by atoms with E-state index in [1.54, 1.807) is 30.3 Å². The second-order valence-corrected chi connectivity index (χ2v) is 10.9. The number of Topliss-reactive ketones (excluding diaryl/α,β-unsaturated/α-hetero) is 1. The molecule has 0 radical (unpaired) electrons. The van der Waals surface area contributed by atoms with Crippen LogP contribution in [-0.4, -0.2) is 48.3 Å². The fourth-order valence-electron chi connectivity index (χ4n) is 7.41. The van der Waals surface area contributed by atoms with Gasteiger partial charge < -0.3 is 14.8 Å². The molecule has 3 aromatic carbocycles. The molecule has 0 aliphatic carbocycles. The number of carbonyl (C=O) groups excluding carboxylic acids is 2. The molecule has 3 heterocycles. The third-order valence-corrected chi connectivity index (χ3v) is 8.87. The summed E-state index contributed by atoms with van der Waals surface area (Å²) in [6, 6.07) is 15.4. The Hall–Kier alpha value is -4.24. The van der Waals surface area contributed by atoms with Crippen molar-refractivity contribution in [1.29, 1.82) is 0 Å². The summed E-state index contributed by atoms with van der Waals surface area (Å²) in [5.74, 6) is -0.813. The molecule has 3 aromatic rings. The standard InChI is InChI=1S/C31H31N3O6/c1-17-13-18(2)28-22(14-17)31(30(36)32-28)27(29(35)20-10-11-24(39-3)25(16-20)40-4)26(23-9-6-12-33(23)31)19-7-5-8-21(15-19)34(37)38/h5,7-8,10-11,13-16,23,26-27H,6,9,12H2,1-4H3,(H,32,36)/t23?,26?,27?,31-/m1/s1. The molecule has 2 fully saturated rings. The Morgan fingerprint density at radius 3 is 2.58 bits per heavy atom. The van der Waals surface area contributed by atoms with E-state index >= 15 is 0 Å². The highest BCUT2D eigenvalue weighted by molar-refractivity contribution is 6.13. The van der Waals surface area contributed by atoms with E-state index in [4.69, 9.17) is 9.47 Å². The third kappa shape index (κ3) is 3.57. The highest BCUT2D eigenvalue weighted by atomic mass is 16.6. The van der Waals surface area contributed by atoms with Crippen LogP contribution in [0.1, 0.15) is 51.4 Å². The van der Waals surface area contributed by atoms with E-state index in [0.717, 1.165) is 35.2 Å². The number of ether oxygens (including phenoxy) is 2. The number of hydrogen-bond donors (Lipinski definition) is 1. The van der Waals surface area contributed by atoms with E-state index in [1.165, 1.54) is 20.3 Å². The van der Waals surface area contributed by atoms with Crippen molar-refractivity contribution >= 4 is 23.1 Å². The van der Waals surface area contributed by atoms with Crippen LogP contribution in [0.3, 0.4) is 0 Å². The van der Waals surface area contributed by atoms with Crippen molar-refractivity contribution in [3.8, 4) is 11.5 Å². The zero-order chi connectivity index (χ0) is 28.3. The molecule has 3 unspecified atom stereocenters. The number of rotatable bonds is 6. The molecule has 0 saturated carbocycles. The van der Waals surface area contributed by atoms with Crippen LogP contribution in [0.15, 0.2) is 54.6 Å². The summed E-state index contributed by atoms with van der Waals surface area (Å²) >= 11 is 0. The van der Waals surface area contributed by atoms with Crippen molar-refractivity contribution in [3.63, 3.8) is 0 Å². The quantitative estimate of drug-likeness (QED) is 0.261. The fourth-order valence-corrected chi connectivity index (χ4v) is 7.41. The van der Waals surface area contributed by atoms with Gasteiger partial charge in [0.25, 0.3) is 5.69 Å². The summed E-state index contributed by atoms with van der Waals surface area (Å²) in [6.07, 6.45) is 1.64. The number of amides is 1. The van der Waals surface area contributed by atoms with Crippen LogP contribution in [0.4, 0.5) is 11.4 Å². The molecule has 40 heavy (non-hydrogen) atoms. The minimum absolute atomic E-state index is 0.0386. The lowest BCUT2D eigenvalue weighted by Gasteiger charge is -2.37. The lowest BCUT2D eigenvalue weighted by atomic mass is 9.68. The molecule has 9 heteroatoms. The van der Waals surface area contributed by atoms with Gasteiger partial charge in [-0.15, -0.1) is 0 Å². The first-order valence-corrected chi connectivity index (χ1v) is 13.4. The molecule has 1 amide bonds. The summed E-state index contributed by atoms with van der Waals surface area (Å²) in [5.41, 5.74) is 3.26.